The van der Waals surface area contributed by atoms with Crippen LogP contribution in [0.15, 0.2) is 11.4 Å². The fraction of sp³-hybridized carbons (Fsp3) is 0.600. The smallest absolute Gasteiger partial charge is 0.295 e. The first-order chi connectivity index (χ1) is 6.36. The van der Waals surface area contributed by atoms with Gasteiger partial charge in [-0.15, -0.1) is 15.4 Å². The Bertz CT molecular complexity index is 240. The molecular formula is C10H16BrClMgS. The van der Waals surface area contributed by atoms with Crippen LogP contribution in [0.2, 0.25) is 0 Å². The van der Waals surface area contributed by atoms with E-state index in [9.17, 15) is 0 Å². The molecule has 0 spiro atoms. The van der Waals surface area contributed by atoms with Crippen molar-refractivity contribution in [2.75, 3.05) is 0 Å². The van der Waals surface area contributed by atoms with Crippen molar-refractivity contribution < 1.29 is 0 Å². The molecule has 0 atom stereocenters. The van der Waals surface area contributed by atoms with Gasteiger partial charge in [-0.3, -0.25) is 12.9 Å². The molecule has 1 aromatic rings. The Labute approximate surface area is 113 Å². The van der Waals surface area contributed by atoms with Crippen molar-refractivity contribution in [3.05, 3.63) is 17.0 Å². The van der Waals surface area contributed by atoms with Crippen molar-refractivity contribution in [1.82, 2.24) is 0 Å². The monoisotopic (exact) mass is 306 g/mol. The summed E-state index contributed by atoms with van der Waals surface area (Å²) >= 11 is 5.45. The molecule has 0 aromatic carbocycles. The summed E-state index contributed by atoms with van der Waals surface area (Å²) in [5.74, 6) is 0. The van der Waals surface area contributed by atoms with Crippen LogP contribution in [0.4, 0.5) is 0 Å². The van der Waals surface area contributed by atoms with Gasteiger partial charge in [-0.25, -0.2) is 0 Å². The predicted molar refractivity (Wildman–Crippen MR) is 73.7 cm³/mol. The van der Waals surface area contributed by atoms with E-state index in [-0.39, 0.29) is 30.6 Å². The van der Waals surface area contributed by atoms with Crippen LogP contribution in [-0.4, -0.2) is 18.2 Å². The molecular weight excluding hydrogens is 292 g/mol. The number of unbranched alkanes of at least 4 members (excludes halogenated alkanes) is 3. The fourth-order valence-corrected chi connectivity index (χ4v) is 4.61. The lowest BCUT2D eigenvalue weighted by atomic mass is 10.1. The molecule has 0 saturated heterocycles. The number of hydrogen-bond acceptors (Lipinski definition) is 1. The van der Waals surface area contributed by atoms with Gasteiger partial charge in [0.1, 0.15) is 0 Å². The minimum atomic E-state index is -0.0897. The molecule has 0 fully saturated rings. The minimum absolute atomic E-state index is 0. The summed E-state index contributed by atoms with van der Waals surface area (Å²) in [7, 11) is 0. The Morgan fingerprint density at radius 1 is 1.36 bits per heavy atom. The Balaban J connectivity index is 0.00000169. The van der Waals surface area contributed by atoms with Crippen LogP contribution < -0.4 is 3.01 Å². The lowest BCUT2D eigenvalue weighted by Crippen LogP contribution is -1.99. The molecule has 0 bridgehead atoms. The Morgan fingerprint density at radius 2 is 2.14 bits per heavy atom. The van der Waals surface area contributed by atoms with E-state index in [1.165, 1.54) is 32.1 Å². The van der Waals surface area contributed by atoms with Gasteiger partial charge in [0, 0.05) is 0 Å². The van der Waals surface area contributed by atoms with E-state index in [1.54, 1.807) is 8.57 Å². The minimum Gasteiger partial charge on any atom is -0.295 e. The first-order valence-corrected chi connectivity index (χ1v) is 10.5. The first kappa shape index (κ1) is 15.2. The highest BCUT2D eigenvalue weighted by Gasteiger charge is 2.00. The Hall–Kier alpha value is 1.24. The zero-order valence-corrected chi connectivity index (χ0v) is 13.2. The second-order valence-electron chi connectivity index (χ2n) is 3.37. The number of halogens is 2. The third-order valence-electron chi connectivity index (χ3n) is 2.16. The molecule has 1 rings (SSSR count). The van der Waals surface area contributed by atoms with Gasteiger partial charge in [0.25, 0.3) is 0 Å². The number of aryl methyl sites for hydroxylation is 1. The summed E-state index contributed by atoms with van der Waals surface area (Å²) < 4.78 is 1.59. The van der Waals surface area contributed by atoms with E-state index in [4.69, 9.17) is 0 Å². The maximum atomic E-state index is 3.61. The fourth-order valence-electron chi connectivity index (χ4n) is 1.38. The highest BCUT2D eigenvalue weighted by molar-refractivity contribution is 9.23. The van der Waals surface area contributed by atoms with Crippen molar-refractivity contribution in [3.63, 3.8) is 0 Å². The molecule has 0 amide bonds. The summed E-state index contributed by atoms with van der Waals surface area (Å²) in [5, 5.41) is 2.33. The zero-order valence-electron chi connectivity index (χ0n) is 8.59. The third-order valence-corrected chi connectivity index (χ3v) is 7.33. The number of thiophene rings is 1. The van der Waals surface area contributed by atoms with Gasteiger partial charge in [-0.2, -0.15) is 11.3 Å². The second kappa shape index (κ2) is 9.46. The molecule has 0 aliphatic heterocycles. The van der Waals surface area contributed by atoms with Crippen molar-refractivity contribution in [2.45, 2.75) is 39.0 Å². The summed E-state index contributed by atoms with van der Waals surface area (Å²) in [5.41, 5.74) is 1.56. The molecule has 0 N–H and O–H groups in total. The van der Waals surface area contributed by atoms with Crippen molar-refractivity contribution in [2.24, 2.45) is 0 Å². The van der Waals surface area contributed by atoms with Crippen LogP contribution in [0.1, 0.15) is 38.2 Å². The molecule has 0 aliphatic carbocycles. The van der Waals surface area contributed by atoms with E-state index in [2.05, 4.69) is 31.3 Å². The standard InChI is InChI=1S/C10H15S.BrH.ClH.Mg/c1-2-3-4-5-6-10-7-8-11-9-10;;;/h7,9H,2-6H2,1H3;2*1H;/q;;;+1/p-1. The molecule has 4 heteroatoms. The molecule has 78 valence electrons. The van der Waals surface area contributed by atoms with Crippen LogP contribution in [0.25, 0.3) is 0 Å². The van der Waals surface area contributed by atoms with Crippen molar-refractivity contribution in [3.8, 4) is 0 Å². The normalized spacial score (nSPS) is 9.29. The maximum absolute atomic E-state index is 3.61. The van der Waals surface area contributed by atoms with Crippen LogP contribution in [0.3, 0.4) is 0 Å². The predicted octanol–water partition coefficient (Wildman–Crippen LogP) is 3.93. The second-order valence-corrected chi connectivity index (χ2v) is 7.59. The average molecular weight is 308 g/mol. The van der Waals surface area contributed by atoms with Crippen molar-refractivity contribution >= 4 is 57.8 Å². The maximum Gasteiger partial charge on any atom is 0.522 e. The van der Waals surface area contributed by atoms with E-state index < -0.39 is 0 Å². The topological polar surface area (TPSA) is 0 Å². The lowest BCUT2D eigenvalue weighted by molar-refractivity contribution is 0.667. The summed E-state index contributed by atoms with van der Waals surface area (Å²) in [6.45, 7) is 2.26. The molecule has 0 radical (unpaired) electrons. The van der Waals surface area contributed by atoms with E-state index in [0.717, 1.165) is 0 Å². The first-order valence-electron chi connectivity index (χ1n) is 4.99. The van der Waals surface area contributed by atoms with Gasteiger partial charge in [0.2, 0.25) is 0 Å². The lowest BCUT2D eigenvalue weighted by Gasteiger charge is -1.96. The summed E-state index contributed by atoms with van der Waals surface area (Å²) in [4.78, 5) is 0. The van der Waals surface area contributed by atoms with Crippen LogP contribution in [-0.2, 0) is 6.42 Å². The van der Waals surface area contributed by atoms with Crippen molar-refractivity contribution in [1.29, 1.82) is 0 Å². The Morgan fingerprint density at radius 3 is 2.71 bits per heavy atom. The van der Waals surface area contributed by atoms with Gasteiger partial charge < -0.3 is 0 Å². The molecule has 1 heterocycles. The van der Waals surface area contributed by atoms with E-state index >= 15 is 0 Å². The van der Waals surface area contributed by atoms with Gasteiger partial charge in [-0.05, 0) is 23.8 Å². The molecule has 0 nitrogen and oxygen atoms in total. The van der Waals surface area contributed by atoms with E-state index in [0.29, 0.717) is 0 Å². The molecule has 14 heavy (non-hydrogen) atoms. The summed E-state index contributed by atoms with van der Waals surface area (Å²) in [6.07, 6.45) is 6.78. The molecule has 0 unspecified atom stereocenters. The molecule has 0 saturated carbocycles. The van der Waals surface area contributed by atoms with Crippen LogP contribution in [0, 0.1) is 0 Å². The molecule has 1 aromatic heterocycles. The molecule has 0 aliphatic rings. The highest BCUT2D eigenvalue weighted by Crippen LogP contribution is 2.10. The highest BCUT2D eigenvalue weighted by atomic mass is 79.9. The quantitative estimate of drug-likeness (QED) is 0.552. The average Bonchev–Trinajstić information content (AvgIpc) is 2.60. The largest absolute Gasteiger partial charge is 0.522 e. The zero-order chi connectivity index (χ0) is 9.52. The van der Waals surface area contributed by atoms with Gasteiger partial charge in [-0.1, -0.05) is 32.3 Å². The van der Waals surface area contributed by atoms with Crippen LogP contribution in [0.5, 0.6) is 0 Å². The summed E-state index contributed by atoms with van der Waals surface area (Å²) in [6, 6.07) is 2.39. The number of hydrogen-bond donors (Lipinski definition) is 0. The van der Waals surface area contributed by atoms with Crippen LogP contribution >= 0.6 is 36.6 Å². The number of rotatable bonds is 6. The SMILES string of the molecule is CCCCCCc1cs[c]([Mg][Br])c1.Cl. The van der Waals surface area contributed by atoms with Gasteiger partial charge >= 0.3 is 18.2 Å². The third kappa shape index (κ3) is 5.96. The Kier molecular flexibility index (Phi) is 10.3. The van der Waals surface area contributed by atoms with E-state index in [1.807, 2.05) is 11.3 Å². The van der Waals surface area contributed by atoms with Gasteiger partial charge in [0.15, 0.2) is 0 Å². The van der Waals surface area contributed by atoms with Gasteiger partial charge in [0.05, 0.1) is 0 Å².